The smallest absolute Gasteiger partial charge is 0.0390 e. The largest absolute Gasteiger partial charge is 0.399 e. The number of rotatable bonds is 3. The lowest BCUT2D eigenvalue weighted by molar-refractivity contribution is 0.303. The van der Waals surface area contributed by atoms with Gasteiger partial charge in [0.15, 0.2) is 0 Å². The Hall–Kier alpha value is -1.96. The molecular formula is C22H32N2. The van der Waals surface area contributed by atoms with E-state index in [0.29, 0.717) is 0 Å². The van der Waals surface area contributed by atoms with Crippen molar-refractivity contribution in [1.82, 2.24) is 0 Å². The third-order valence-corrected chi connectivity index (χ3v) is 5.78. The summed E-state index contributed by atoms with van der Waals surface area (Å²) in [5.74, 6) is 0. The second-order valence-corrected chi connectivity index (χ2v) is 8.89. The predicted octanol–water partition coefficient (Wildman–Crippen LogP) is 5.40. The summed E-state index contributed by atoms with van der Waals surface area (Å²) < 4.78 is 0. The Kier molecular flexibility index (Phi) is 4.47. The Morgan fingerprint density at radius 3 is 1.62 bits per heavy atom. The van der Waals surface area contributed by atoms with E-state index < -0.39 is 0 Å². The van der Waals surface area contributed by atoms with Crippen LogP contribution in [0.3, 0.4) is 0 Å². The van der Waals surface area contributed by atoms with Crippen LogP contribution in [0.15, 0.2) is 42.5 Å². The van der Waals surface area contributed by atoms with Crippen LogP contribution in [-0.2, 0) is 16.2 Å². The highest BCUT2D eigenvalue weighted by molar-refractivity contribution is 5.60. The van der Waals surface area contributed by atoms with Crippen LogP contribution in [0.5, 0.6) is 0 Å². The molecule has 0 amide bonds. The third-order valence-electron chi connectivity index (χ3n) is 5.78. The molecule has 2 rings (SSSR count). The van der Waals surface area contributed by atoms with Gasteiger partial charge >= 0.3 is 0 Å². The standard InChI is InChI=1S/C22H32N2/c1-20(2,3)17-9-8-10-18(19(17)24)22(6,7)21(4,5)15-11-13-16(23)14-12-15/h8-14H,23-24H2,1-7H3. The fourth-order valence-electron chi connectivity index (χ4n) is 3.36. The van der Waals surface area contributed by atoms with Gasteiger partial charge in [-0.05, 0) is 39.7 Å². The van der Waals surface area contributed by atoms with Crippen molar-refractivity contribution in [2.75, 3.05) is 11.5 Å². The molecule has 0 radical (unpaired) electrons. The van der Waals surface area contributed by atoms with Crippen LogP contribution in [0, 0.1) is 0 Å². The number of benzene rings is 2. The van der Waals surface area contributed by atoms with Gasteiger partial charge in [0.1, 0.15) is 0 Å². The molecule has 0 fully saturated rings. The second kappa shape index (κ2) is 5.84. The molecule has 4 N–H and O–H groups in total. The number of nitrogens with two attached hydrogens (primary N) is 2. The molecule has 0 saturated carbocycles. The molecule has 130 valence electrons. The molecular weight excluding hydrogens is 292 g/mol. The summed E-state index contributed by atoms with van der Waals surface area (Å²) >= 11 is 0. The van der Waals surface area contributed by atoms with Gasteiger partial charge in [0, 0.05) is 16.8 Å². The Bertz CT molecular complexity index is 717. The zero-order chi connectivity index (χ0) is 18.3. The van der Waals surface area contributed by atoms with Crippen molar-refractivity contribution >= 4 is 11.4 Å². The van der Waals surface area contributed by atoms with Gasteiger partial charge in [-0.25, -0.2) is 0 Å². The molecule has 0 unspecified atom stereocenters. The molecule has 0 aliphatic rings. The minimum Gasteiger partial charge on any atom is -0.399 e. The molecule has 0 heterocycles. The van der Waals surface area contributed by atoms with Crippen LogP contribution >= 0.6 is 0 Å². The summed E-state index contributed by atoms with van der Waals surface area (Å²) in [5.41, 5.74) is 17.7. The summed E-state index contributed by atoms with van der Waals surface area (Å²) in [7, 11) is 0. The molecule has 0 atom stereocenters. The van der Waals surface area contributed by atoms with E-state index in [9.17, 15) is 0 Å². The molecule has 2 aromatic rings. The maximum Gasteiger partial charge on any atom is 0.0390 e. The van der Waals surface area contributed by atoms with Crippen LogP contribution in [0.25, 0.3) is 0 Å². The van der Waals surface area contributed by atoms with Gasteiger partial charge in [-0.1, -0.05) is 78.8 Å². The van der Waals surface area contributed by atoms with E-state index in [1.54, 1.807) is 0 Å². The van der Waals surface area contributed by atoms with Crippen molar-refractivity contribution in [3.8, 4) is 0 Å². The van der Waals surface area contributed by atoms with Gasteiger partial charge in [0.25, 0.3) is 0 Å². The summed E-state index contributed by atoms with van der Waals surface area (Å²) in [6.07, 6.45) is 0. The van der Waals surface area contributed by atoms with E-state index in [-0.39, 0.29) is 16.2 Å². The average Bonchev–Trinajstić information content (AvgIpc) is 2.46. The molecule has 0 spiro atoms. The van der Waals surface area contributed by atoms with Crippen LogP contribution in [0.4, 0.5) is 11.4 Å². The number of hydrogen-bond donors (Lipinski definition) is 2. The van der Waals surface area contributed by atoms with Crippen LogP contribution in [0.1, 0.15) is 65.2 Å². The average molecular weight is 325 g/mol. The van der Waals surface area contributed by atoms with Gasteiger partial charge < -0.3 is 11.5 Å². The summed E-state index contributed by atoms with van der Waals surface area (Å²) in [6.45, 7) is 15.7. The first-order chi connectivity index (χ1) is 10.9. The maximum atomic E-state index is 6.63. The van der Waals surface area contributed by atoms with Gasteiger partial charge in [-0.2, -0.15) is 0 Å². The molecule has 0 saturated heterocycles. The molecule has 0 aromatic heterocycles. The summed E-state index contributed by atoms with van der Waals surface area (Å²) in [5, 5.41) is 0. The lowest BCUT2D eigenvalue weighted by Crippen LogP contribution is -2.41. The van der Waals surface area contributed by atoms with Crippen molar-refractivity contribution in [2.45, 2.75) is 64.7 Å². The summed E-state index contributed by atoms with van der Waals surface area (Å²) in [4.78, 5) is 0. The number of para-hydroxylation sites is 1. The second-order valence-electron chi connectivity index (χ2n) is 8.89. The Morgan fingerprint density at radius 2 is 1.12 bits per heavy atom. The van der Waals surface area contributed by atoms with E-state index in [1.165, 1.54) is 16.7 Å². The first-order valence-electron chi connectivity index (χ1n) is 8.64. The molecule has 2 aromatic carbocycles. The van der Waals surface area contributed by atoms with E-state index in [1.807, 2.05) is 12.1 Å². The molecule has 0 aliphatic carbocycles. The highest BCUT2D eigenvalue weighted by atomic mass is 14.6. The number of hydrogen-bond acceptors (Lipinski definition) is 2. The molecule has 2 nitrogen and oxygen atoms in total. The van der Waals surface area contributed by atoms with Crippen molar-refractivity contribution in [1.29, 1.82) is 0 Å². The van der Waals surface area contributed by atoms with Crippen molar-refractivity contribution in [3.05, 3.63) is 59.2 Å². The summed E-state index contributed by atoms with van der Waals surface area (Å²) in [6, 6.07) is 14.6. The van der Waals surface area contributed by atoms with Gasteiger partial charge in [0.2, 0.25) is 0 Å². The maximum absolute atomic E-state index is 6.63. The van der Waals surface area contributed by atoms with E-state index >= 15 is 0 Å². The quantitative estimate of drug-likeness (QED) is 0.742. The molecule has 0 bridgehead atoms. The SMILES string of the molecule is CC(C)(C)c1cccc(C(C)(C)C(C)(C)c2ccc(N)cc2)c1N. The van der Waals surface area contributed by atoms with Gasteiger partial charge in [-0.15, -0.1) is 0 Å². The minimum atomic E-state index is -0.130. The lowest BCUT2D eigenvalue weighted by atomic mass is 9.60. The fourth-order valence-corrected chi connectivity index (χ4v) is 3.36. The topological polar surface area (TPSA) is 52.0 Å². The Balaban J connectivity index is 2.60. The first-order valence-corrected chi connectivity index (χ1v) is 8.64. The van der Waals surface area contributed by atoms with Crippen LogP contribution in [0.2, 0.25) is 0 Å². The monoisotopic (exact) mass is 324 g/mol. The van der Waals surface area contributed by atoms with Gasteiger partial charge in [0.05, 0.1) is 0 Å². The lowest BCUT2D eigenvalue weighted by Gasteiger charge is -2.44. The highest BCUT2D eigenvalue weighted by Crippen LogP contribution is 2.47. The zero-order valence-corrected chi connectivity index (χ0v) is 16.2. The number of anilines is 2. The first kappa shape index (κ1) is 18.4. The van der Waals surface area contributed by atoms with Crippen molar-refractivity contribution in [3.63, 3.8) is 0 Å². The molecule has 0 aliphatic heterocycles. The zero-order valence-electron chi connectivity index (χ0n) is 16.2. The van der Waals surface area contributed by atoms with Crippen LogP contribution < -0.4 is 11.5 Å². The Morgan fingerprint density at radius 1 is 0.625 bits per heavy atom. The third kappa shape index (κ3) is 3.02. The van der Waals surface area contributed by atoms with E-state index in [0.717, 1.165) is 11.4 Å². The van der Waals surface area contributed by atoms with Crippen LogP contribution in [-0.4, -0.2) is 0 Å². The van der Waals surface area contributed by atoms with Crippen molar-refractivity contribution in [2.24, 2.45) is 0 Å². The van der Waals surface area contributed by atoms with E-state index in [4.69, 9.17) is 11.5 Å². The normalized spacial score (nSPS) is 13.1. The highest BCUT2D eigenvalue weighted by Gasteiger charge is 2.41. The number of nitrogen functional groups attached to an aromatic ring is 2. The Labute approximate surface area is 147 Å². The van der Waals surface area contributed by atoms with E-state index in [2.05, 4.69) is 78.8 Å². The van der Waals surface area contributed by atoms with Crippen molar-refractivity contribution < 1.29 is 0 Å². The molecule has 24 heavy (non-hydrogen) atoms. The van der Waals surface area contributed by atoms with Gasteiger partial charge in [-0.3, -0.25) is 0 Å². The molecule has 2 heteroatoms. The minimum absolute atomic E-state index is 0.0293. The fraction of sp³-hybridized carbons (Fsp3) is 0.455. The predicted molar refractivity (Wildman–Crippen MR) is 106 cm³/mol.